The van der Waals surface area contributed by atoms with Gasteiger partial charge in [0, 0.05) is 10.4 Å². The summed E-state index contributed by atoms with van der Waals surface area (Å²) in [4.78, 5) is 11.6. The Morgan fingerprint density at radius 1 is 1.32 bits per heavy atom. The van der Waals surface area contributed by atoms with Crippen molar-refractivity contribution < 1.29 is 14.6 Å². The molecule has 0 aliphatic heterocycles. The molecular formula is C16H13ClN2O3. The number of aromatic hydroxyl groups is 1. The van der Waals surface area contributed by atoms with Gasteiger partial charge >= 0.3 is 5.97 Å². The highest BCUT2D eigenvalue weighted by Gasteiger charge is 2.11. The highest BCUT2D eigenvalue weighted by molar-refractivity contribution is 6.31. The topological polar surface area (TPSA) is 64.3 Å². The minimum atomic E-state index is -0.398. The minimum Gasteiger partial charge on any atom is -0.508 e. The van der Waals surface area contributed by atoms with Gasteiger partial charge in [0.25, 0.3) is 0 Å². The molecule has 3 aromatic rings. The van der Waals surface area contributed by atoms with Crippen LogP contribution in [0, 0.1) is 0 Å². The van der Waals surface area contributed by atoms with E-state index in [4.69, 9.17) is 16.3 Å². The number of aromatic nitrogens is 2. The van der Waals surface area contributed by atoms with Gasteiger partial charge in [-0.05, 0) is 35.9 Å². The number of hydrogen-bond donors (Lipinski definition) is 1. The lowest BCUT2D eigenvalue weighted by Crippen LogP contribution is -2.04. The second-order valence-corrected chi connectivity index (χ2v) is 5.25. The van der Waals surface area contributed by atoms with Crippen LogP contribution in [0.1, 0.15) is 15.9 Å². The quantitative estimate of drug-likeness (QED) is 0.753. The number of phenolic OH excluding ortho intramolecular Hbond substituents is 1. The van der Waals surface area contributed by atoms with Crippen LogP contribution in [-0.4, -0.2) is 28.0 Å². The van der Waals surface area contributed by atoms with Crippen molar-refractivity contribution in [1.29, 1.82) is 0 Å². The summed E-state index contributed by atoms with van der Waals surface area (Å²) < 4.78 is 6.46. The van der Waals surface area contributed by atoms with Crippen molar-refractivity contribution in [3.05, 3.63) is 58.7 Å². The van der Waals surface area contributed by atoms with E-state index in [0.29, 0.717) is 17.1 Å². The maximum absolute atomic E-state index is 11.6. The van der Waals surface area contributed by atoms with Gasteiger partial charge in [-0.2, -0.15) is 5.10 Å². The van der Waals surface area contributed by atoms with Gasteiger partial charge in [-0.3, -0.25) is 4.68 Å². The fourth-order valence-corrected chi connectivity index (χ4v) is 2.46. The van der Waals surface area contributed by atoms with Crippen molar-refractivity contribution in [3.63, 3.8) is 0 Å². The van der Waals surface area contributed by atoms with Crippen LogP contribution in [0.3, 0.4) is 0 Å². The van der Waals surface area contributed by atoms with Gasteiger partial charge in [-0.15, -0.1) is 0 Å². The van der Waals surface area contributed by atoms with E-state index in [1.807, 2.05) is 6.07 Å². The van der Waals surface area contributed by atoms with Crippen LogP contribution in [-0.2, 0) is 11.3 Å². The van der Waals surface area contributed by atoms with Crippen LogP contribution in [0.4, 0.5) is 0 Å². The van der Waals surface area contributed by atoms with Crippen molar-refractivity contribution in [1.82, 2.24) is 9.78 Å². The smallest absolute Gasteiger partial charge is 0.337 e. The van der Waals surface area contributed by atoms with Crippen LogP contribution in [0.2, 0.25) is 5.02 Å². The average Bonchev–Trinajstić information content (AvgIpc) is 2.92. The molecule has 0 spiro atoms. The van der Waals surface area contributed by atoms with E-state index >= 15 is 0 Å². The molecule has 1 N–H and O–H groups in total. The number of carbonyl (C=O) groups excluding carboxylic acids is 1. The van der Waals surface area contributed by atoms with Crippen LogP contribution < -0.4 is 0 Å². The van der Waals surface area contributed by atoms with Crippen LogP contribution in [0.25, 0.3) is 10.9 Å². The van der Waals surface area contributed by atoms with E-state index < -0.39 is 5.97 Å². The van der Waals surface area contributed by atoms with E-state index in [-0.39, 0.29) is 5.75 Å². The van der Waals surface area contributed by atoms with E-state index in [2.05, 4.69) is 5.10 Å². The highest BCUT2D eigenvalue weighted by atomic mass is 35.5. The molecule has 22 heavy (non-hydrogen) atoms. The molecule has 2 aromatic carbocycles. The Kier molecular flexibility index (Phi) is 3.73. The van der Waals surface area contributed by atoms with Crippen molar-refractivity contribution in [2.75, 3.05) is 7.11 Å². The first kappa shape index (κ1) is 14.4. The number of carbonyl (C=O) groups is 1. The van der Waals surface area contributed by atoms with E-state index in [1.165, 1.54) is 13.2 Å². The Morgan fingerprint density at radius 3 is 2.91 bits per heavy atom. The molecule has 0 saturated carbocycles. The molecule has 5 nitrogen and oxygen atoms in total. The van der Waals surface area contributed by atoms with Gasteiger partial charge < -0.3 is 9.84 Å². The van der Waals surface area contributed by atoms with Gasteiger partial charge in [0.1, 0.15) is 5.75 Å². The summed E-state index contributed by atoms with van der Waals surface area (Å²) in [5.74, 6) is -0.254. The number of nitrogens with zero attached hydrogens (tertiary/aromatic N) is 2. The van der Waals surface area contributed by atoms with Gasteiger partial charge in [-0.1, -0.05) is 17.7 Å². The lowest BCUT2D eigenvalue weighted by molar-refractivity contribution is 0.0601. The molecule has 6 heteroatoms. The highest BCUT2D eigenvalue weighted by Crippen LogP contribution is 2.24. The molecule has 0 radical (unpaired) electrons. The number of fused-ring (bicyclic) bond motifs is 1. The van der Waals surface area contributed by atoms with Gasteiger partial charge in [-0.25, -0.2) is 4.79 Å². The Labute approximate surface area is 131 Å². The van der Waals surface area contributed by atoms with Crippen molar-refractivity contribution in [3.8, 4) is 5.75 Å². The monoisotopic (exact) mass is 316 g/mol. The molecule has 0 bridgehead atoms. The Hall–Kier alpha value is -2.53. The summed E-state index contributed by atoms with van der Waals surface area (Å²) in [5, 5.41) is 15.3. The third kappa shape index (κ3) is 2.63. The van der Waals surface area contributed by atoms with E-state index in [9.17, 15) is 9.90 Å². The lowest BCUT2D eigenvalue weighted by Gasteiger charge is -2.07. The normalized spacial score (nSPS) is 10.8. The number of ether oxygens (including phenoxy) is 1. The predicted molar refractivity (Wildman–Crippen MR) is 83.3 cm³/mol. The zero-order valence-electron chi connectivity index (χ0n) is 11.8. The van der Waals surface area contributed by atoms with Crippen LogP contribution >= 0.6 is 11.6 Å². The Morgan fingerprint density at radius 2 is 2.14 bits per heavy atom. The van der Waals surface area contributed by atoms with E-state index in [0.717, 1.165) is 16.5 Å². The molecule has 0 aliphatic rings. The predicted octanol–water partition coefficient (Wildman–Crippen LogP) is 3.23. The second kappa shape index (κ2) is 5.69. The third-order valence-electron chi connectivity index (χ3n) is 3.42. The first-order chi connectivity index (χ1) is 10.6. The van der Waals surface area contributed by atoms with Crippen molar-refractivity contribution >= 4 is 28.5 Å². The largest absolute Gasteiger partial charge is 0.508 e. The lowest BCUT2D eigenvalue weighted by atomic mass is 10.1. The Bertz CT molecular complexity index is 858. The zero-order valence-corrected chi connectivity index (χ0v) is 12.5. The Balaban J connectivity index is 2.03. The number of rotatable bonds is 3. The molecular weight excluding hydrogens is 304 g/mol. The number of methoxy groups -OCH3 is 1. The number of hydrogen-bond acceptors (Lipinski definition) is 4. The zero-order chi connectivity index (χ0) is 15.7. The maximum Gasteiger partial charge on any atom is 0.337 e. The molecule has 1 heterocycles. The number of halogens is 1. The molecule has 0 saturated heterocycles. The second-order valence-electron chi connectivity index (χ2n) is 4.84. The summed E-state index contributed by atoms with van der Waals surface area (Å²) >= 11 is 6.14. The first-order valence-electron chi connectivity index (χ1n) is 6.60. The molecule has 0 amide bonds. The molecule has 112 valence electrons. The fraction of sp³-hybridized carbons (Fsp3) is 0.125. The van der Waals surface area contributed by atoms with Gasteiger partial charge in [0.15, 0.2) is 0 Å². The van der Waals surface area contributed by atoms with Crippen LogP contribution in [0.5, 0.6) is 5.75 Å². The molecule has 1 aromatic heterocycles. The van der Waals surface area contributed by atoms with Gasteiger partial charge in [0.2, 0.25) is 0 Å². The number of benzene rings is 2. The van der Waals surface area contributed by atoms with Gasteiger partial charge in [0.05, 0.1) is 30.9 Å². The number of esters is 1. The summed E-state index contributed by atoms with van der Waals surface area (Å²) in [6.45, 7) is 0.390. The molecule has 0 fully saturated rings. The summed E-state index contributed by atoms with van der Waals surface area (Å²) in [7, 11) is 1.34. The third-order valence-corrected chi connectivity index (χ3v) is 3.78. The summed E-state index contributed by atoms with van der Waals surface area (Å²) in [5.41, 5.74) is 2.00. The van der Waals surface area contributed by atoms with Crippen molar-refractivity contribution in [2.24, 2.45) is 0 Å². The van der Waals surface area contributed by atoms with Crippen LogP contribution in [0.15, 0.2) is 42.6 Å². The summed E-state index contributed by atoms with van der Waals surface area (Å²) in [6.07, 6.45) is 1.72. The average molecular weight is 317 g/mol. The first-order valence-corrected chi connectivity index (χ1v) is 6.97. The summed E-state index contributed by atoms with van der Waals surface area (Å²) in [6, 6.07) is 10.0. The minimum absolute atomic E-state index is 0.145. The standard InChI is InChI=1S/C16H13ClN2O3/c1-22-16(21)10-2-3-11-8-18-19(15(11)7-10)9-12-6-13(20)4-5-14(12)17/h2-8,20H,9H2,1H3. The molecule has 0 unspecified atom stereocenters. The molecule has 0 atom stereocenters. The molecule has 3 rings (SSSR count). The maximum atomic E-state index is 11.6. The van der Waals surface area contributed by atoms with Crippen molar-refractivity contribution in [2.45, 2.75) is 6.54 Å². The van der Waals surface area contributed by atoms with E-state index in [1.54, 1.807) is 35.1 Å². The molecule has 0 aliphatic carbocycles. The number of phenols is 1. The fourth-order valence-electron chi connectivity index (χ4n) is 2.28. The SMILES string of the molecule is COC(=O)c1ccc2cnn(Cc3cc(O)ccc3Cl)c2c1.